The first-order chi connectivity index (χ1) is 18.1. The molecule has 1 atom stereocenters. The molecule has 1 aliphatic heterocycles. The van der Waals surface area contributed by atoms with Crippen LogP contribution in [0, 0.1) is 0 Å². The van der Waals surface area contributed by atoms with Gasteiger partial charge in [-0.25, -0.2) is 4.98 Å². The van der Waals surface area contributed by atoms with Crippen LogP contribution >= 0.6 is 11.8 Å². The van der Waals surface area contributed by atoms with Crippen LogP contribution in [0.5, 0.6) is 0 Å². The Morgan fingerprint density at radius 3 is 2.65 bits per heavy atom. The van der Waals surface area contributed by atoms with Gasteiger partial charge >= 0.3 is 0 Å². The fourth-order valence-electron chi connectivity index (χ4n) is 4.35. The highest BCUT2D eigenvalue weighted by molar-refractivity contribution is 8.00. The van der Waals surface area contributed by atoms with Crippen LogP contribution in [0.15, 0.2) is 81.3 Å². The highest BCUT2D eigenvalue weighted by Gasteiger charge is 2.23. The highest BCUT2D eigenvalue weighted by atomic mass is 32.2. The lowest BCUT2D eigenvalue weighted by Gasteiger charge is -2.29. The molecule has 1 amide bonds. The monoisotopic (exact) mass is 518 g/mol. The third kappa shape index (κ3) is 5.89. The van der Waals surface area contributed by atoms with Gasteiger partial charge in [0.1, 0.15) is 5.76 Å². The van der Waals surface area contributed by atoms with Gasteiger partial charge in [0.25, 0.3) is 5.56 Å². The van der Waals surface area contributed by atoms with Gasteiger partial charge < -0.3 is 19.4 Å². The Morgan fingerprint density at radius 1 is 1.11 bits per heavy atom. The fourth-order valence-corrected chi connectivity index (χ4v) is 5.39. The topological polar surface area (TPSA) is 89.6 Å². The van der Waals surface area contributed by atoms with Crippen LogP contribution in [-0.2, 0) is 22.6 Å². The third-order valence-corrected chi connectivity index (χ3v) is 7.74. The maximum absolute atomic E-state index is 13.9. The lowest BCUT2D eigenvalue weighted by molar-refractivity contribution is -0.120. The Kier molecular flexibility index (Phi) is 7.91. The van der Waals surface area contributed by atoms with E-state index in [1.54, 1.807) is 16.9 Å². The highest BCUT2D eigenvalue weighted by Crippen LogP contribution is 2.27. The van der Waals surface area contributed by atoms with E-state index in [1.807, 2.05) is 61.5 Å². The average molecular weight is 519 g/mol. The molecule has 9 heteroatoms. The lowest BCUT2D eigenvalue weighted by Crippen LogP contribution is -2.36. The van der Waals surface area contributed by atoms with Crippen molar-refractivity contribution in [2.45, 2.75) is 36.8 Å². The van der Waals surface area contributed by atoms with E-state index in [9.17, 15) is 9.59 Å². The predicted octanol–water partition coefficient (Wildman–Crippen LogP) is 4.06. The molecule has 0 spiro atoms. The number of anilines is 1. The number of fused-ring (bicyclic) bond motifs is 1. The summed E-state index contributed by atoms with van der Waals surface area (Å²) in [6, 6.07) is 19.3. The number of nitrogens with one attached hydrogen (secondary N) is 1. The van der Waals surface area contributed by atoms with Crippen LogP contribution in [0.4, 0.5) is 5.69 Å². The van der Waals surface area contributed by atoms with E-state index < -0.39 is 5.25 Å². The van der Waals surface area contributed by atoms with E-state index in [-0.39, 0.29) is 11.5 Å². The van der Waals surface area contributed by atoms with Crippen LogP contribution < -0.4 is 15.8 Å². The molecule has 1 fully saturated rings. The molecule has 1 saturated heterocycles. The zero-order chi connectivity index (χ0) is 25.6. The number of rotatable bonds is 9. The van der Waals surface area contributed by atoms with E-state index >= 15 is 0 Å². The van der Waals surface area contributed by atoms with E-state index in [2.05, 4.69) is 10.2 Å². The van der Waals surface area contributed by atoms with Crippen LogP contribution in [0.3, 0.4) is 0 Å². The molecule has 1 aliphatic rings. The molecule has 1 N–H and O–H groups in total. The summed E-state index contributed by atoms with van der Waals surface area (Å²) in [5.41, 5.74) is 2.49. The Hall–Kier alpha value is -3.56. The van der Waals surface area contributed by atoms with Gasteiger partial charge in [0.2, 0.25) is 5.91 Å². The van der Waals surface area contributed by atoms with Crippen LogP contribution in [0.25, 0.3) is 10.9 Å². The van der Waals surface area contributed by atoms with E-state index in [0.29, 0.717) is 54.5 Å². The maximum Gasteiger partial charge on any atom is 0.262 e. The molecule has 8 nitrogen and oxygen atoms in total. The number of ether oxygens (including phenoxy) is 1. The number of hydrogen-bond acceptors (Lipinski definition) is 7. The Morgan fingerprint density at radius 2 is 1.92 bits per heavy atom. The molecule has 0 unspecified atom stereocenters. The van der Waals surface area contributed by atoms with Gasteiger partial charge in [-0.2, -0.15) is 0 Å². The van der Waals surface area contributed by atoms with Gasteiger partial charge in [-0.1, -0.05) is 49.0 Å². The van der Waals surface area contributed by atoms with Gasteiger partial charge in [0.15, 0.2) is 5.16 Å². The van der Waals surface area contributed by atoms with Crippen molar-refractivity contribution in [2.75, 3.05) is 31.2 Å². The SMILES string of the molecule is CC[C@H](Sc1nc2ccc(N3CCOCC3)cc2c(=O)n1Cc1ccccc1)C(=O)NCc1ccco1. The van der Waals surface area contributed by atoms with E-state index in [0.717, 1.165) is 24.3 Å². The van der Waals surface area contributed by atoms with Crippen molar-refractivity contribution in [3.8, 4) is 0 Å². The summed E-state index contributed by atoms with van der Waals surface area (Å²) in [6.45, 7) is 5.56. The van der Waals surface area contributed by atoms with E-state index in [1.165, 1.54) is 11.8 Å². The molecule has 2 aromatic carbocycles. The van der Waals surface area contributed by atoms with Crippen LogP contribution in [-0.4, -0.2) is 47.0 Å². The van der Waals surface area contributed by atoms with Crippen molar-refractivity contribution in [1.29, 1.82) is 0 Å². The number of benzene rings is 2. The number of morpholine rings is 1. The van der Waals surface area contributed by atoms with Gasteiger partial charge in [0.05, 0.1) is 48.7 Å². The molecule has 2 aromatic heterocycles. The number of carbonyl (C=O) groups excluding carboxylic acids is 1. The Bertz CT molecular complexity index is 1400. The van der Waals surface area contributed by atoms with Crippen molar-refractivity contribution in [1.82, 2.24) is 14.9 Å². The van der Waals surface area contributed by atoms with Crippen molar-refractivity contribution in [3.63, 3.8) is 0 Å². The molecular weight excluding hydrogens is 488 g/mol. The summed E-state index contributed by atoms with van der Waals surface area (Å²) in [4.78, 5) is 34.0. The van der Waals surface area contributed by atoms with Crippen molar-refractivity contribution in [3.05, 3.63) is 88.6 Å². The van der Waals surface area contributed by atoms with E-state index in [4.69, 9.17) is 14.1 Å². The summed E-state index contributed by atoms with van der Waals surface area (Å²) in [7, 11) is 0. The molecule has 0 radical (unpaired) electrons. The van der Waals surface area contributed by atoms with Gasteiger partial charge in [0, 0.05) is 18.8 Å². The second kappa shape index (κ2) is 11.7. The summed E-state index contributed by atoms with van der Waals surface area (Å²) in [5.74, 6) is 0.571. The third-order valence-electron chi connectivity index (χ3n) is 6.39. The molecular formula is C28H30N4O4S. The maximum atomic E-state index is 13.9. The zero-order valence-electron chi connectivity index (χ0n) is 20.8. The van der Waals surface area contributed by atoms with Gasteiger partial charge in [-0.05, 0) is 42.3 Å². The largest absolute Gasteiger partial charge is 0.467 e. The summed E-state index contributed by atoms with van der Waals surface area (Å²) in [5, 5.41) is 3.63. The zero-order valence-corrected chi connectivity index (χ0v) is 21.6. The minimum absolute atomic E-state index is 0.114. The Labute approximate surface area is 219 Å². The van der Waals surface area contributed by atoms with Gasteiger partial charge in [-0.15, -0.1) is 0 Å². The molecule has 192 valence electrons. The number of amides is 1. The molecule has 0 saturated carbocycles. The standard InChI is InChI=1S/C28H30N4O4S/c1-2-25(26(33)29-18-22-9-6-14-36-22)37-28-30-24-11-10-21(31-12-15-35-16-13-31)17-23(24)27(34)32(28)19-20-7-4-3-5-8-20/h3-11,14,17,25H,2,12-13,15-16,18-19H2,1H3,(H,29,33)/t25-/m0/s1. The van der Waals surface area contributed by atoms with Crippen LogP contribution in [0.2, 0.25) is 0 Å². The van der Waals surface area contributed by atoms with Gasteiger partial charge in [-0.3, -0.25) is 14.2 Å². The molecule has 3 heterocycles. The quantitative estimate of drug-likeness (QED) is 0.264. The number of aromatic nitrogens is 2. The van der Waals surface area contributed by atoms with Crippen molar-refractivity contribution >= 4 is 34.3 Å². The minimum atomic E-state index is -0.408. The molecule has 0 aliphatic carbocycles. The first-order valence-electron chi connectivity index (χ1n) is 12.5. The van der Waals surface area contributed by atoms with Crippen molar-refractivity contribution < 1.29 is 13.9 Å². The number of carbonyl (C=O) groups is 1. The summed E-state index contributed by atoms with van der Waals surface area (Å²) < 4.78 is 12.5. The second-order valence-electron chi connectivity index (χ2n) is 8.88. The van der Waals surface area contributed by atoms with Crippen LogP contribution in [0.1, 0.15) is 24.7 Å². The Balaban J connectivity index is 1.48. The minimum Gasteiger partial charge on any atom is -0.467 e. The lowest BCUT2D eigenvalue weighted by atomic mass is 10.2. The predicted molar refractivity (Wildman–Crippen MR) is 145 cm³/mol. The molecule has 37 heavy (non-hydrogen) atoms. The number of furan rings is 1. The first kappa shape index (κ1) is 25.1. The smallest absolute Gasteiger partial charge is 0.262 e. The number of nitrogens with zero attached hydrogens (tertiary/aromatic N) is 3. The number of hydrogen-bond donors (Lipinski definition) is 1. The first-order valence-corrected chi connectivity index (χ1v) is 13.4. The summed E-state index contributed by atoms with van der Waals surface area (Å²) >= 11 is 1.32. The number of thioether (sulfide) groups is 1. The molecule has 0 bridgehead atoms. The second-order valence-corrected chi connectivity index (χ2v) is 10.1. The van der Waals surface area contributed by atoms with Crippen molar-refractivity contribution in [2.24, 2.45) is 0 Å². The fraction of sp³-hybridized carbons (Fsp3) is 0.321. The molecule has 4 aromatic rings. The summed E-state index contributed by atoms with van der Waals surface area (Å²) in [6.07, 6.45) is 2.17. The average Bonchev–Trinajstić information content (AvgIpc) is 3.47. The molecule has 5 rings (SSSR count). The normalized spacial score (nSPS) is 14.6.